The van der Waals surface area contributed by atoms with Crippen LogP contribution in [0.5, 0.6) is 5.75 Å². The van der Waals surface area contributed by atoms with Crippen molar-refractivity contribution in [2.45, 2.75) is 115 Å². The number of carbonyl (C=O) groups excluding carboxylic acids is 4. The summed E-state index contributed by atoms with van der Waals surface area (Å²) >= 11 is 0. The van der Waals surface area contributed by atoms with Crippen LogP contribution >= 0.6 is 0 Å². The number of hydrogen-bond donors (Lipinski definition) is 5. The first-order valence-corrected chi connectivity index (χ1v) is 15.4. The predicted octanol–water partition coefficient (Wildman–Crippen LogP) is 1.82. The van der Waals surface area contributed by atoms with E-state index in [1.807, 2.05) is 27.0 Å². The molecule has 50 heavy (non-hydrogen) atoms. The molecule has 4 rings (SSSR count). The quantitative estimate of drug-likeness (QED) is 0.173. The molecule has 1 saturated heterocycles. The van der Waals surface area contributed by atoms with Crippen LogP contribution in [-0.2, 0) is 45.5 Å². The van der Waals surface area contributed by atoms with Gasteiger partial charge in [-0.15, -0.1) is 0 Å². The maximum Gasteiger partial charge on any atom is 0.446 e. The minimum atomic E-state index is -4.64. The molecule has 1 fully saturated rings. The van der Waals surface area contributed by atoms with Gasteiger partial charge in [0.1, 0.15) is 23.7 Å². The van der Waals surface area contributed by atoms with Crippen molar-refractivity contribution < 1.29 is 71.8 Å². The zero-order valence-corrected chi connectivity index (χ0v) is 27.6. The largest absolute Gasteiger partial charge is 0.481 e. The SMILES string of the molecule is C.Cc1ccc(CO)c2c1[C@]13CCN(C)[C@H](C)[C@]1(O)CC=C(OC(=O)[C@H](C)OC(=O)[C@H](CCC(=O)O)NC(=O)[C@H](C)O)[C@@H]3O2.O=CC(F)(F)F. The first-order valence-electron chi connectivity index (χ1n) is 15.4. The minimum Gasteiger partial charge on any atom is -0.481 e. The molecule has 2 heterocycles. The summed E-state index contributed by atoms with van der Waals surface area (Å²) < 4.78 is 48.7. The summed E-state index contributed by atoms with van der Waals surface area (Å²) in [6, 6.07) is 1.92. The highest BCUT2D eigenvalue weighted by Gasteiger charge is 2.69. The van der Waals surface area contributed by atoms with Crippen LogP contribution < -0.4 is 10.1 Å². The Bertz CT molecular complexity index is 1480. The zero-order chi connectivity index (χ0) is 37.1. The van der Waals surface area contributed by atoms with Gasteiger partial charge in [-0.2, -0.15) is 13.2 Å². The third-order valence-corrected chi connectivity index (χ3v) is 9.21. The highest BCUT2D eigenvalue weighted by molar-refractivity contribution is 5.88. The molecule has 1 aromatic carbocycles. The number of aryl methyl sites for hydroxylation is 1. The first-order chi connectivity index (χ1) is 22.7. The number of alkyl halides is 3. The molecule has 1 amide bonds. The molecule has 0 unspecified atom stereocenters. The number of carbonyl (C=O) groups is 5. The van der Waals surface area contributed by atoms with Crippen molar-refractivity contribution in [2.24, 2.45) is 0 Å². The smallest absolute Gasteiger partial charge is 0.446 e. The second kappa shape index (κ2) is 16.3. The molecule has 3 aliphatic rings. The van der Waals surface area contributed by atoms with E-state index in [4.69, 9.17) is 24.1 Å². The van der Waals surface area contributed by atoms with Gasteiger partial charge in [0.25, 0.3) is 0 Å². The summed E-state index contributed by atoms with van der Waals surface area (Å²) in [6.45, 7) is 6.63. The molecular weight excluding hydrogens is 673 g/mol. The van der Waals surface area contributed by atoms with Gasteiger partial charge in [0.05, 0.1) is 17.6 Å². The Morgan fingerprint density at radius 3 is 2.36 bits per heavy atom. The lowest BCUT2D eigenvalue weighted by Crippen LogP contribution is -2.71. The third kappa shape index (κ3) is 8.45. The Balaban J connectivity index is 0.00000114. The number of likely N-dealkylation sites (tertiary alicyclic amines) is 1. The van der Waals surface area contributed by atoms with Gasteiger partial charge in [-0.1, -0.05) is 19.6 Å². The lowest BCUT2D eigenvalue weighted by atomic mass is 9.54. The van der Waals surface area contributed by atoms with Crippen LogP contribution in [0.2, 0.25) is 0 Å². The summed E-state index contributed by atoms with van der Waals surface area (Å²) in [7, 11) is 1.93. The number of rotatable bonds is 10. The van der Waals surface area contributed by atoms with Gasteiger partial charge < -0.3 is 44.9 Å². The summed E-state index contributed by atoms with van der Waals surface area (Å²) in [6.07, 6.45) is -8.12. The van der Waals surface area contributed by atoms with Crippen molar-refractivity contribution in [2.75, 3.05) is 13.6 Å². The van der Waals surface area contributed by atoms with E-state index in [9.17, 15) is 47.7 Å². The maximum atomic E-state index is 13.2. The number of carboxylic acid groups (broad SMARTS) is 1. The Kier molecular flexibility index (Phi) is 13.7. The van der Waals surface area contributed by atoms with Crippen LogP contribution in [0, 0.1) is 6.92 Å². The summed E-state index contributed by atoms with van der Waals surface area (Å²) in [5.74, 6) is -3.55. The van der Waals surface area contributed by atoms with Crippen molar-refractivity contribution in [1.29, 1.82) is 0 Å². The molecule has 7 atom stereocenters. The molecule has 0 bridgehead atoms. The molecule has 0 aromatic heterocycles. The van der Waals surface area contributed by atoms with Crippen LogP contribution in [0.3, 0.4) is 0 Å². The molecule has 1 spiro atoms. The number of nitrogens with zero attached hydrogens (tertiary/aromatic N) is 1. The van der Waals surface area contributed by atoms with Crippen LogP contribution in [-0.4, -0.2) is 111 Å². The van der Waals surface area contributed by atoms with Crippen molar-refractivity contribution in [3.8, 4) is 5.75 Å². The van der Waals surface area contributed by atoms with Gasteiger partial charge in [0, 0.05) is 30.0 Å². The fourth-order valence-electron chi connectivity index (χ4n) is 6.51. The molecule has 2 aliphatic heterocycles. The fraction of sp³-hybridized carbons (Fsp3) is 0.606. The number of aliphatic hydroxyl groups excluding tert-OH is 2. The van der Waals surface area contributed by atoms with Crippen molar-refractivity contribution in [3.63, 3.8) is 0 Å². The number of aliphatic hydroxyl groups is 3. The second-order valence-corrected chi connectivity index (χ2v) is 12.3. The fourth-order valence-corrected chi connectivity index (χ4v) is 6.51. The average Bonchev–Trinajstić information content (AvgIpc) is 3.40. The van der Waals surface area contributed by atoms with Gasteiger partial charge in [-0.05, 0) is 65.8 Å². The van der Waals surface area contributed by atoms with E-state index in [1.54, 1.807) is 12.1 Å². The van der Waals surface area contributed by atoms with Gasteiger partial charge in [0.15, 0.2) is 12.2 Å². The lowest BCUT2D eigenvalue weighted by Gasteiger charge is -2.58. The normalized spacial score (nSPS) is 25.5. The number of aldehydes is 1. The zero-order valence-electron chi connectivity index (χ0n) is 27.6. The lowest BCUT2D eigenvalue weighted by molar-refractivity contribution is -0.173. The number of fused-ring (bicyclic) bond motifs is 1. The average molecular weight is 719 g/mol. The molecule has 5 N–H and O–H groups in total. The summed E-state index contributed by atoms with van der Waals surface area (Å²) in [5, 5.41) is 43.2. The Morgan fingerprint density at radius 2 is 1.82 bits per heavy atom. The predicted molar refractivity (Wildman–Crippen MR) is 169 cm³/mol. The number of nitrogens with one attached hydrogen (secondary N) is 1. The van der Waals surface area contributed by atoms with E-state index in [-0.39, 0.29) is 38.7 Å². The number of ether oxygens (including phenoxy) is 3. The number of amides is 1. The van der Waals surface area contributed by atoms with Gasteiger partial charge in [-0.3, -0.25) is 14.4 Å². The van der Waals surface area contributed by atoms with Gasteiger partial charge in [-0.25, -0.2) is 9.59 Å². The maximum absolute atomic E-state index is 13.2. The Morgan fingerprint density at radius 1 is 1.20 bits per heavy atom. The number of carboxylic acids is 1. The van der Waals surface area contributed by atoms with Crippen LogP contribution in [0.4, 0.5) is 13.2 Å². The van der Waals surface area contributed by atoms with Crippen molar-refractivity contribution >= 4 is 30.1 Å². The second-order valence-electron chi connectivity index (χ2n) is 12.3. The third-order valence-electron chi connectivity index (χ3n) is 9.21. The number of benzene rings is 1. The van der Waals surface area contributed by atoms with Gasteiger partial charge in [0.2, 0.25) is 12.2 Å². The molecule has 0 radical (unpaired) electrons. The molecule has 17 heteroatoms. The van der Waals surface area contributed by atoms with E-state index >= 15 is 0 Å². The van der Waals surface area contributed by atoms with E-state index in [0.29, 0.717) is 24.3 Å². The Hall–Kier alpha value is -4.06. The molecular formula is C33H45F3N2O12. The number of aliphatic carboxylic acids is 1. The van der Waals surface area contributed by atoms with Crippen molar-refractivity contribution in [3.05, 3.63) is 40.7 Å². The number of esters is 2. The van der Waals surface area contributed by atoms with E-state index in [0.717, 1.165) is 11.1 Å². The van der Waals surface area contributed by atoms with E-state index < -0.39 is 78.1 Å². The monoisotopic (exact) mass is 718 g/mol. The summed E-state index contributed by atoms with van der Waals surface area (Å²) in [4.78, 5) is 59.9. The number of hydrogen-bond acceptors (Lipinski definition) is 12. The highest BCUT2D eigenvalue weighted by atomic mass is 19.4. The molecule has 0 saturated carbocycles. The van der Waals surface area contributed by atoms with E-state index in [2.05, 4.69) is 10.2 Å². The van der Waals surface area contributed by atoms with E-state index in [1.165, 1.54) is 13.8 Å². The first kappa shape index (κ1) is 42.1. The standard InChI is InChI=1S/C30H40N2O11.C2HF3O.CH4/c1-15-6-7-19(14-33)24-23(15)29-12-13-32(5)18(4)30(29,40)11-10-21(25(29)43-24)42-27(38)17(3)41-28(39)20(8-9-22(35)36)31-26(37)16(2)34;3-2(4,5)1-6;/h6-7,10,16-18,20,25,33-34,40H,8-9,11-14H2,1-5H3,(H,31,37)(H,35,36);1H;1H4/t16-,17-,18+,20-,25-,29-,30+;;/m0../s1. The number of piperidine rings is 1. The van der Waals surface area contributed by atoms with Crippen LogP contribution in [0.1, 0.15) is 70.6 Å². The number of likely N-dealkylation sites (N-methyl/N-ethyl adjacent to an activating group) is 1. The topological polar surface area (TPSA) is 209 Å². The van der Waals surface area contributed by atoms with Crippen LogP contribution in [0.25, 0.3) is 0 Å². The number of halogens is 3. The molecule has 1 aromatic rings. The Labute approximate surface area is 287 Å². The highest BCUT2D eigenvalue weighted by Crippen LogP contribution is 2.61. The minimum absolute atomic E-state index is 0. The molecule has 280 valence electrons. The summed E-state index contributed by atoms with van der Waals surface area (Å²) in [5.41, 5.74) is -0.129. The molecule has 14 nitrogen and oxygen atoms in total. The molecule has 1 aliphatic carbocycles. The van der Waals surface area contributed by atoms with Crippen molar-refractivity contribution in [1.82, 2.24) is 10.2 Å². The van der Waals surface area contributed by atoms with Crippen LogP contribution in [0.15, 0.2) is 24.0 Å². The van der Waals surface area contributed by atoms with Gasteiger partial charge >= 0.3 is 24.1 Å².